The van der Waals surface area contributed by atoms with Crippen molar-refractivity contribution in [3.8, 4) is 0 Å². The van der Waals surface area contributed by atoms with Crippen molar-refractivity contribution >= 4 is 31.8 Å². The molecule has 3 aromatic carbocycles. The van der Waals surface area contributed by atoms with Gasteiger partial charge < -0.3 is 0 Å². The maximum absolute atomic E-state index is 13.8. The molecule has 10 heteroatoms. The zero-order chi connectivity index (χ0) is 27.2. The molecular formula is C28H29N3O5S2. The molecule has 0 bridgehead atoms. The second-order valence-corrected chi connectivity index (χ2v) is 13.4. The third-order valence-electron chi connectivity index (χ3n) is 6.92. The zero-order valence-corrected chi connectivity index (χ0v) is 23.0. The van der Waals surface area contributed by atoms with Gasteiger partial charge in [0.1, 0.15) is 0 Å². The molecule has 0 spiro atoms. The number of benzene rings is 3. The summed E-state index contributed by atoms with van der Waals surface area (Å²) < 4.78 is 56.7. The first-order chi connectivity index (χ1) is 18.0. The molecule has 38 heavy (non-hydrogen) atoms. The molecule has 0 saturated carbocycles. The molecule has 0 aliphatic carbocycles. The van der Waals surface area contributed by atoms with Crippen LogP contribution in [0, 0.1) is 20.8 Å². The summed E-state index contributed by atoms with van der Waals surface area (Å²) in [7, 11) is -8.10. The topological polar surface area (TPSA) is 95.1 Å². The van der Waals surface area contributed by atoms with Gasteiger partial charge in [0.2, 0.25) is 0 Å². The van der Waals surface area contributed by atoms with Crippen LogP contribution in [0.4, 0.5) is 10.5 Å². The lowest BCUT2D eigenvalue weighted by Crippen LogP contribution is -2.41. The van der Waals surface area contributed by atoms with E-state index >= 15 is 0 Å². The Hall–Kier alpha value is -3.63. The molecule has 2 aliphatic rings. The number of carbonyl (C=O) groups is 1. The number of nitrogens with zero attached hydrogens (tertiary/aromatic N) is 3. The van der Waals surface area contributed by atoms with Gasteiger partial charge in [-0.25, -0.2) is 25.9 Å². The van der Waals surface area contributed by atoms with Gasteiger partial charge in [-0.05, 0) is 63.6 Å². The number of hydrogen-bond acceptors (Lipinski definition) is 5. The van der Waals surface area contributed by atoms with E-state index in [-0.39, 0.29) is 22.9 Å². The minimum absolute atomic E-state index is 0.00508. The van der Waals surface area contributed by atoms with E-state index in [1.807, 2.05) is 32.9 Å². The SMILES string of the molecule is Cc1ccc(N2C(=O)N(S(=O)(=O)c3ccc(C)cc3)CC2C2=CCCN2S(=O)(=O)c2ccc(C)cc2)cc1. The number of amides is 2. The lowest BCUT2D eigenvalue weighted by Gasteiger charge is -2.30. The van der Waals surface area contributed by atoms with Crippen molar-refractivity contribution in [1.82, 2.24) is 8.61 Å². The molecule has 8 nitrogen and oxygen atoms in total. The van der Waals surface area contributed by atoms with Crippen LogP contribution in [-0.2, 0) is 20.0 Å². The van der Waals surface area contributed by atoms with Gasteiger partial charge in [-0.2, -0.15) is 0 Å². The summed E-state index contributed by atoms with van der Waals surface area (Å²) in [6.07, 6.45) is 2.24. The van der Waals surface area contributed by atoms with E-state index in [1.165, 1.54) is 21.3 Å². The van der Waals surface area contributed by atoms with Crippen molar-refractivity contribution in [3.63, 3.8) is 0 Å². The smallest absolute Gasteiger partial charge is 0.283 e. The van der Waals surface area contributed by atoms with Gasteiger partial charge in [0.15, 0.2) is 0 Å². The summed E-state index contributed by atoms with van der Waals surface area (Å²) in [4.78, 5) is 15.3. The Morgan fingerprint density at radius 3 is 1.61 bits per heavy atom. The molecule has 3 aromatic rings. The Morgan fingerprint density at radius 2 is 1.11 bits per heavy atom. The Kier molecular flexibility index (Phi) is 6.56. The number of anilines is 1. The molecule has 2 amide bonds. The second kappa shape index (κ2) is 9.59. The summed E-state index contributed by atoms with van der Waals surface area (Å²) in [6, 6.07) is 18.5. The Balaban J connectivity index is 1.58. The van der Waals surface area contributed by atoms with Gasteiger partial charge in [-0.3, -0.25) is 9.21 Å². The third kappa shape index (κ3) is 4.48. The van der Waals surface area contributed by atoms with Gasteiger partial charge in [-0.1, -0.05) is 59.2 Å². The average Bonchev–Trinajstić information content (AvgIpc) is 3.51. The largest absolute Gasteiger partial charge is 0.339 e. The minimum Gasteiger partial charge on any atom is -0.283 e. The van der Waals surface area contributed by atoms with Gasteiger partial charge in [-0.15, -0.1) is 0 Å². The molecule has 0 radical (unpaired) electrons. The first-order valence-electron chi connectivity index (χ1n) is 12.3. The van der Waals surface area contributed by atoms with E-state index in [9.17, 15) is 21.6 Å². The molecule has 0 N–H and O–H groups in total. The molecule has 1 fully saturated rings. The van der Waals surface area contributed by atoms with Gasteiger partial charge >= 0.3 is 6.03 Å². The van der Waals surface area contributed by atoms with E-state index in [1.54, 1.807) is 54.6 Å². The summed E-state index contributed by atoms with van der Waals surface area (Å²) in [6.45, 7) is 5.64. The summed E-state index contributed by atoms with van der Waals surface area (Å²) in [5.41, 5.74) is 3.69. The van der Waals surface area contributed by atoms with Crippen LogP contribution in [0.5, 0.6) is 0 Å². The standard InChI is InChI=1S/C28H29N3O5S2/c1-20-6-12-23(13-7-20)31-27(19-30(28(31)32)38(35,36)25-16-10-22(3)11-17-25)26-5-4-18-29(26)37(33,34)24-14-8-21(2)9-15-24/h5-17,27H,4,18-19H2,1-3H3. The Bertz CT molecular complexity index is 1610. The highest BCUT2D eigenvalue weighted by molar-refractivity contribution is 7.90. The predicted octanol–water partition coefficient (Wildman–Crippen LogP) is 4.59. The van der Waals surface area contributed by atoms with Crippen LogP contribution in [0.25, 0.3) is 0 Å². The van der Waals surface area contributed by atoms with Crippen LogP contribution >= 0.6 is 0 Å². The molecule has 1 unspecified atom stereocenters. The molecule has 1 atom stereocenters. The average molecular weight is 552 g/mol. The molecule has 5 rings (SSSR count). The molecule has 198 valence electrons. The normalized spacial score (nSPS) is 18.3. The number of sulfonamides is 2. The zero-order valence-electron chi connectivity index (χ0n) is 21.4. The van der Waals surface area contributed by atoms with E-state index in [4.69, 9.17) is 0 Å². The highest BCUT2D eigenvalue weighted by Gasteiger charge is 2.49. The fourth-order valence-corrected chi connectivity index (χ4v) is 7.71. The molecule has 1 saturated heterocycles. The maximum Gasteiger partial charge on any atom is 0.339 e. The number of aryl methyl sites for hydroxylation is 3. The molecule has 0 aromatic heterocycles. The number of hydrogen-bond donors (Lipinski definition) is 0. The first kappa shape index (κ1) is 26.0. The van der Waals surface area contributed by atoms with Crippen LogP contribution in [0.2, 0.25) is 0 Å². The number of carbonyl (C=O) groups excluding carboxylic acids is 1. The van der Waals surface area contributed by atoms with E-state index in [2.05, 4.69) is 0 Å². The van der Waals surface area contributed by atoms with Crippen molar-refractivity contribution in [2.75, 3.05) is 18.0 Å². The minimum atomic E-state index is -4.18. The van der Waals surface area contributed by atoms with Gasteiger partial charge in [0.25, 0.3) is 20.0 Å². The third-order valence-corrected chi connectivity index (χ3v) is 10.5. The summed E-state index contributed by atoms with van der Waals surface area (Å²) >= 11 is 0. The summed E-state index contributed by atoms with van der Waals surface area (Å²) in [5, 5.41) is 0. The van der Waals surface area contributed by atoms with E-state index in [0.717, 1.165) is 21.0 Å². The van der Waals surface area contributed by atoms with Crippen LogP contribution in [0.3, 0.4) is 0 Å². The van der Waals surface area contributed by atoms with Crippen molar-refractivity contribution in [2.45, 2.75) is 43.0 Å². The van der Waals surface area contributed by atoms with Crippen LogP contribution in [0.1, 0.15) is 23.1 Å². The van der Waals surface area contributed by atoms with Gasteiger partial charge in [0, 0.05) is 12.2 Å². The lowest BCUT2D eigenvalue weighted by molar-refractivity contribution is 0.239. The highest BCUT2D eigenvalue weighted by atomic mass is 32.2. The lowest BCUT2D eigenvalue weighted by atomic mass is 10.1. The summed E-state index contributed by atoms with van der Waals surface area (Å²) in [5.74, 6) is 0. The fourth-order valence-electron chi connectivity index (χ4n) is 4.79. The fraction of sp³-hybridized carbons (Fsp3) is 0.250. The number of urea groups is 1. The van der Waals surface area contributed by atoms with E-state index in [0.29, 0.717) is 17.8 Å². The first-order valence-corrected chi connectivity index (χ1v) is 15.2. The van der Waals surface area contributed by atoms with Crippen LogP contribution < -0.4 is 4.90 Å². The van der Waals surface area contributed by atoms with Crippen LogP contribution in [0.15, 0.2) is 94.4 Å². The Morgan fingerprint density at radius 1 is 0.658 bits per heavy atom. The predicted molar refractivity (Wildman–Crippen MR) is 146 cm³/mol. The highest BCUT2D eigenvalue weighted by Crippen LogP contribution is 2.37. The molecular weight excluding hydrogens is 522 g/mol. The van der Waals surface area contributed by atoms with Crippen molar-refractivity contribution in [2.24, 2.45) is 0 Å². The van der Waals surface area contributed by atoms with Crippen molar-refractivity contribution < 1.29 is 21.6 Å². The monoisotopic (exact) mass is 551 g/mol. The Labute approximate surface area is 223 Å². The van der Waals surface area contributed by atoms with Crippen molar-refractivity contribution in [1.29, 1.82) is 0 Å². The second-order valence-electron chi connectivity index (χ2n) is 9.66. The van der Waals surface area contributed by atoms with Crippen molar-refractivity contribution in [3.05, 3.63) is 101 Å². The van der Waals surface area contributed by atoms with Gasteiger partial charge in [0.05, 0.1) is 28.1 Å². The van der Waals surface area contributed by atoms with E-state index < -0.39 is 32.1 Å². The maximum atomic E-state index is 13.8. The quantitative estimate of drug-likeness (QED) is 0.447. The molecule has 2 aliphatic heterocycles. The molecule has 2 heterocycles. The number of rotatable bonds is 6. The van der Waals surface area contributed by atoms with Crippen LogP contribution in [-0.4, -0.2) is 50.6 Å².